The van der Waals surface area contributed by atoms with Crippen LogP contribution in [0.5, 0.6) is 0 Å². The van der Waals surface area contributed by atoms with Crippen molar-refractivity contribution < 1.29 is 38.9 Å². The van der Waals surface area contributed by atoms with Gasteiger partial charge in [-0.3, -0.25) is 0 Å². The molecule has 2 aromatic carbocycles. The number of rotatable bonds is 4. The van der Waals surface area contributed by atoms with E-state index in [1.807, 2.05) is 0 Å². The highest BCUT2D eigenvalue weighted by atomic mass is 16.5. The Kier molecular flexibility index (Phi) is 7.50. The average molecular weight is 360 g/mol. The van der Waals surface area contributed by atoms with Crippen LogP contribution in [0.15, 0.2) is 48.5 Å². The summed E-state index contributed by atoms with van der Waals surface area (Å²) in [5.41, 5.74) is 0.383. The maximum atomic E-state index is 11.2. The van der Waals surface area contributed by atoms with E-state index in [4.69, 9.17) is 10.2 Å². The maximum absolute atomic E-state index is 11.2. The number of ether oxygens (including phenoxy) is 2. The van der Waals surface area contributed by atoms with E-state index >= 15 is 0 Å². The van der Waals surface area contributed by atoms with Crippen LogP contribution >= 0.6 is 0 Å². The van der Waals surface area contributed by atoms with Crippen molar-refractivity contribution in [2.24, 2.45) is 0 Å². The number of methoxy groups -OCH3 is 2. The molecular formula is C18H16O8. The molecule has 0 aliphatic carbocycles. The van der Waals surface area contributed by atoms with Crippen molar-refractivity contribution in [2.45, 2.75) is 0 Å². The Bertz CT molecular complexity index is 761. The first kappa shape index (κ1) is 20.4. The Balaban J connectivity index is 0.000000263. The fraction of sp³-hybridized carbons (Fsp3) is 0.111. The van der Waals surface area contributed by atoms with Gasteiger partial charge in [0.2, 0.25) is 0 Å². The summed E-state index contributed by atoms with van der Waals surface area (Å²) in [6, 6.07) is 11.5. The van der Waals surface area contributed by atoms with Gasteiger partial charge in [0.05, 0.1) is 36.5 Å². The number of carboxylic acid groups (broad SMARTS) is 2. The number of esters is 2. The van der Waals surface area contributed by atoms with Crippen LogP contribution in [0.1, 0.15) is 41.4 Å². The highest BCUT2D eigenvalue weighted by Crippen LogP contribution is 2.11. The minimum absolute atomic E-state index is 0.0186. The minimum atomic E-state index is -1.13. The van der Waals surface area contributed by atoms with E-state index < -0.39 is 23.9 Å². The lowest BCUT2D eigenvalue weighted by molar-refractivity contribution is 0.0555. The second kappa shape index (κ2) is 9.58. The Morgan fingerprint density at radius 2 is 1.08 bits per heavy atom. The number of carboxylic acids is 2. The van der Waals surface area contributed by atoms with Crippen molar-refractivity contribution >= 4 is 23.9 Å². The van der Waals surface area contributed by atoms with Gasteiger partial charge in [0.15, 0.2) is 0 Å². The molecule has 0 aliphatic heterocycles. The Morgan fingerprint density at radius 1 is 0.692 bits per heavy atom. The topological polar surface area (TPSA) is 127 Å². The highest BCUT2D eigenvalue weighted by molar-refractivity contribution is 6.03. The second-order valence-corrected chi connectivity index (χ2v) is 4.72. The van der Waals surface area contributed by atoms with Crippen molar-refractivity contribution in [3.63, 3.8) is 0 Å². The van der Waals surface area contributed by atoms with Crippen molar-refractivity contribution in [1.82, 2.24) is 0 Å². The molecule has 26 heavy (non-hydrogen) atoms. The molecule has 2 aromatic rings. The van der Waals surface area contributed by atoms with Gasteiger partial charge in [-0.15, -0.1) is 0 Å². The number of hydrogen-bond donors (Lipinski definition) is 2. The van der Waals surface area contributed by atoms with Crippen molar-refractivity contribution in [1.29, 1.82) is 0 Å². The monoisotopic (exact) mass is 360 g/mol. The standard InChI is InChI=1S/C10H10O4.C8H6O4/c1-13-9(11)7-5-3-4-6-8(7)10(12)14-2;9-7(10)5-2-1-3-6(4-5)8(11)12/h3-6H,1-2H3;1-4H,(H,9,10)(H,11,12). The molecule has 0 saturated carbocycles. The van der Waals surface area contributed by atoms with Crippen molar-refractivity contribution in [3.8, 4) is 0 Å². The summed E-state index contributed by atoms with van der Waals surface area (Å²) in [6.07, 6.45) is 0. The minimum Gasteiger partial charge on any atom is -0.478 e. The van der Waals surface area contributed by atoms with Crippen LogP contribution in [0, 0.1) is 0 Å². The molecule has 0 radical (unpaired) electrons. The van der Waals surface area contributed by atoms with Gasteiger partial charge in [-0.05, 0) is 30.3 Å². The molecule has 8 nitrogen and oxygen atoms in total. The van der Waals surface area contributed by atoms with Gasteiger partial charge in [-0.25, -0.2) is 19.2 Å². The van der Waals surface area contributed by atoms with Crippen LogP contribution in [0.2, 0.25) is 0 Å². The van der Waals surface area contributed by atoms with Crippen LogP contribution in [-0.2, 0) is 9.47 Å². The van der Waals surface area contributed by atoms with E-state index in [0.29, 0.717) is 0 Å². The van der Waals surface area contributed by atoms with Crippen LogP contribution in [0.3, 0.4) is 0 Å². The van der Waals surface area contributed by atoms with Gasteiger partial charge in [-0.1, -0.05) is 18.2 Å². The molecule has 0 bridgehead atoms. The molecule has 0 amide bonds. The summed E-state index contributed by atoms with van der Waals surface area (Å²) in [5, 5.41) is 17.0. The molecule has 0 fully saturated rings. The summed E-state index contributed by atoms with van der Waals surface area (Å²) in [5.74, 6) is -3.35. The van der Waals surface area contributed by atoms with Gasteiger partial charge in [-0.2, -0.15) is 0 Å². The van der Waals surface area contributed by atoms with E-state index in [9.17, 15) is 19.2 Å². The third kappa shape index (κ3) is 5.45. The summed E-state index contributed by atoms with van der Waals surface area (Å²) in [7, 11) is 2.52. The Hall–Kier alpha value is -3.68. The zero-order chi connectivity index (χ0) is 19.7. The van der Waals surface area contributed by atoms with Gasteiger partial charge < -0.3 is 19.7 Å². The molecule has 0 spiro atoms. The molecule has 0 unspecified atom stereocenters. The maximum Gasteiger partial charge on any atom is 0.338 e. The zero-order valence-electron chi connectivity index (χ0n) is 14.0. The fourth-order valence-electron chi connectivity index (χ4n) is 1.84. The molecule has 0 atom stereocenters. The molecule has 8 heteroatoms. The SMILES string of the molecule is COC(=O)c1ccccc1C(=O)OC.O=C(O)c1cccc(C(=O)O)c1. The van der Waals surface area contributed by atoms with Gasteiger partial charge in [0.1, 0.15) is 0 Å². The van der Waals surface area contributed by atoms with Crippen LogP contribution in [0.4, 0.5) is 0 Å². The molecule has 2 N–H and O–H groups in total. The van der Waals surface area contributed by atoms with E-state index in [1.165, 1.54) is 44.6 Å². The molecular weight excluding hydrogens is 344 g/mol. The normalized spacial score (nSPS) is 9.31. The first-order valence-electron chi connectivity index (χ1n) is 7.14. The number of carbonyl (C=O) groups excluding carboxylic acids is 2. The molecule has 0 saturated heterocycles. The predicted octanol–water partition coefficient (Wildman–Crippen LogP) is 2.34. The smallest absolute Gasteiger partial charge is 0.338 e. The quantitative estimate of drug-likeness (QED) is 0.795. The van der Waals surface area contributed by atoms with Gasteiger partial charge >= 0.3 is 23.9 Å². The van der Waals surface area contributed by atoms with E-state index in [1.54, 1.807) is 12.1 Å². The lowest BCUT2D eigenvalue weighted by Crippen LogP contribution is -2.11. The first-order valence-corrected chi connectivity index (χ1v) is 7.14. The number of hydrogen-bond acceptors (Lipinski definition) is 6. The third-order valence-electron chi connectivity index (χ3n) is 3.09. The van der Waals surface area contributed by atoms with E-state index in [0.717, 1.165) is 6.07 Å². The first-order chi connectivity index (χ1) is 12.3. The Labute approximate surface area is 148 Å². The third-order valence-corrected chi connectivity index (χ3v) is 3.09. The van der Waals surface area contributed by atoms with Crippen LogP contribution in [0.25, 0.3) is 0 Å². The van der Waals surface area contributed by atoms with Gasteiger partial charge in [0, 0.05) is 0 Å². The summed E-state index contributed by atoms with van der Waals surface area (Å²) >= 11 is 0. The summed E-state index contributed by atoms with van der Waals surface area (Å²) < 4.78 is 9.05. The van der Waals surface area contributed by atoms with Crippen molar-refractivity contribution in [2.75, 3.05) is 14.2 Å². The van der Waals surface area contributed by atoms with E-state index in [2.05, 4.69) is 9.47 Å². The molecule has 136 valence electrons. The molecule has 0 aliphatic rings. The summed E-state index contributed by atoms with van der Waals surface area (Å²) in [4.78, 5) is 43.2. The summed E-state index contributed by atoms with van der Waals surface area (Å²) in [6.45, 7) is 0. The van der Waals surface area contributed by atoms with Crippen LogP contribution in [-0.4, -0.2) is 48.3 Å². The highest BCUT2D eigenvalue weighted by Gasteiger charge is 2.16. The average Bonchev–Trinajstić information content (AvgIpc) is 2.67. The lowest BCUT2D eigenvalue weighted by Gasteiger charge is -2.04. The number of benzene rings is 2. The lowest BCUT2D eigenvalue weighted by atomic mass is 10.1. The second-order valence-electron chi connectivity index (χ2n) is 4.72. The number of aromatic carboxylic acids is 2. The molecule has 2 rings (SSSR count). The fourth-order valence-corrected chi connectivity index (χ4v) is 1.84. The van der Waals surface area contributed by atoms with Crippen LogP contribution < -0.4 is 0 Å². The van der Waals surface area contributed by atoms with Gasteiger partial charge in [0.25, 0.3) is 0 Å². The largest absolute Gasteiger partial charge is 0.478 e. The predicted molar refractivity (Wildman–Crippen MR) is 89.5 cm³/mol. The molecule has 0 aromatic heterocycles. The van der Waals surface area contributed by atoms with Crippen molar-refractivity contribution in [3.05, 3.63) is 70.8 Å². The Morgan fingerprint density at radius 3 is 1.38 bits per heavy atom. The number of carbonyl (C=O) groups is 4. The zero-order valence-corrected chi connectivity index (χ0v) is 14.0. The molecule has 0 heterocycles. The van der Waals surface area contributed by atoms with E-state index in [-0.39, 0.29) is 22.3 Å².